The summed E-state index contributed by atoms with van der Waals surface area (Å²) in [6, 6.07) is 10.8. The van der Waals surface area contributed by atoms with Crippen LogP contribution in [0.3, 0.4) is 0 Å². The predicted molar refractivity (Wildman–Crippen MR) is 103 cm³/mol. The van der Waals surface area contributed by atoms with Gasteiger partial charge >= 0.3 is 0 Å². The number of nitrogens with one attached hydrogen (secondary N) is 1. The summed E-state index contributed by atoms with van der Waals surface area (Å²) in [5.74, 6) is 0.703. The minimum absolute atomic E-state index is 0.0518. The summed E-state index contributed by atoms with van der Waals surface area (Å²) in [6.07, 6.45) is 0.0518. The molecule has 0 amide bonds. The highest BCUT2D eigenvalue weighted by molar-refractivity contribution is 7.89. The molecule has 0 spiro atoms. The van der Waals surface area contributed by atoms with E-state index in [0.29, 0.717) is 22.6 Å². The van der Waals surface area contributed by atoms with Crippen molar-refractivity contribution in [3.8, 4) is 5.75 Å². The number of hydrazone groups is 1. The van der Waals surface area contributed by atoms with Gasteiger partial charge in [0.1, 0.15) is 5.75 Å². The number of rotatable bonds is 7. The smallest absolute Gasteiger partial charge is 0.276 e. The van der Waals surface area contributed by atoms with Crippen molar-refractivity contribution in [1.29, 1.82) is 0 Å². The van der Waals surface area contributed by atoms with Gasteiger partial charge in [0.05, 0.1) is 21.6 Å². The van der Waals surface area contributed by atoms with Crippen molar-refractivity contribution >= 4 is 21.4 Å². The van der Waals surface area contributed by atoms with Crippen LogP contribution in [0.5, 0.6) is 5.75 Å². The molecule has 9 heteroatoms. The zero-order chi connectivity index (χ0) is 20.2. The molecule has 0 aliphatic rings. The highest BCUT2D eigenvalue weighted by atomic mass is 32.2. The van der Waals surface area contributed by atoms with E-state index in [4.69, 9.17) is 4.74 Å². The lowest BCUT2D eigenvalue weighted by Crippen LogP contribution is -2.20. The maximum atomic E-state index is 12.4. The molecule has 8 nitrogen and oxygen atoms in total. The first-order valence-corrected chi connectivity index (χ1v) is 9.66. The predicted octanol–water partition coefficient (Wildman–Crippen LogP) is 3.39. The van der Waals surface area contributed by atoms with Crippen molar-refractivity contribution in [1.82, 2.24) is 4.83 Å². The maximum Gasteiger partial charge on any atom is 0.276 e. The van der Waals surface area contributed by atoms with Crippen LogP contribution >= 0.6 is 0 Å². The Kier molecular flexibility index (Phi) is 6.17. The number of nitro benzene ring substituents is 1. The highest BCUT2D eigenvalue weighted by Crippen LogP contribution is 2.22. The fraction of sp³-hybridized carbons (Fsp3) is 0.278. The fourth-order valence-electron chi connectivity index (χ4n) is 2.25. The van der Waals surface area contributed by atoms with Gasteiger partial charge in [-0.2, -0.15) is 18.4 Å². The molecule has 27 heavy (non-hydrogen) atoms. The quantitative estimate of drug-likeness (QED) is 0.442. The summed E-state index contributed by atoms with van der Waals surface area (Å²) in [5, 5.41) is 14.9. The summed E-state index contributed by atoms with van der Waals surface area (Å²) >= 11 is 0. The minimum atomic E-state index is -4.03. The second-order valence-electron chi connectivity index (χ2n) is 6.19. The minimum Gasteiger partial charge on any atom is -0.491 e. The number of benzene rings is 2. The molecular formula is C18H21N3O5S. The second-order valence-corrected chi connectivity index (χ2v) is 7.85. The first-order chi connectivity index (χ1) is 12.6. The number of nitro groups is 1. The van der Waals surface area contributed by atoms with Crippen LogP contribution in [0, 0.1) is 17.0 Å². The van der Waals surface area contributed by atoms with Gasteiger partial charge in [-0.05, 0) is 63.6 Å². The number of ether oxygens (including phenoxy) is 1. The van der Waals surface area contributed by atoms with Gasteiger partial charge in [-0.15, -0.1) is 0 Å². The van der Waals surface area contributed by atoms with Crippen LogP contribution in [0.15, 0.2) is 52.5 Å². The number of hydrogen-bond acceptors (Lipinski definition) is 6. The fourth-order valence-corrected chi connectivity index (χ4v) is 3.12. The molecule has 0 aliphatic heterocycles. The molecule has 0 radical (unpaired) electrons. The summed E-state index contributed by atoms with van der Waals surface area (Å²) in [4.78, 5) is 12.3. The largest absolute Gasteiger partial charge is 0.491 e. The molecule has 144 valence electrons. The van der Waals surface area contributed by atoms with Gasteiger partial charge in [-0.1, -0.05) is 6.07 Å². The van der Waals surface area contributed by atoms with E-state index in [1.165, 1.54) is 19.1 Å². The third kappa shape index (κ3) is 5.27. The molecule has 0 unspecified atom stereocenters. The van der Waals surface area contributed by atoms with Gasteiger partial charge in [0.15, 0.2) is 0 Å². The van der Waals surface area contributed by atoms with Crippen molar-refractivity contribution in [2.24, 2.45) is 5.10 Å². The SMILES string of the molecule is C/C(=N\NS(=O)(=O)c1ccc(C)c([N+](=O)[O-])c1)c1ccc(OC(C)C)cc1. The van der Waals surface area contributed by atoms with Crippen molar-refractivity contribution in [2.75, 3.05) is 0 Å². The molecule has 0 saturated heterocycles. The van der Waals surface area contributed by atoms with Gasteiger partial charge in [0, 0.05) is 11.6 Å². The highest BCUT2D eigenvalue weighted by Gasteiger charge is 2.19. The van der Waals surface area contributed by atoms with Gasteiger partial charge < -0.3 is 4.74 Å². The average molecular weight is 391 g/mol. The molecule has 0 aromatic heterocycles. The number of hydrogen-bond donors (Lipinski definition) is 1. The molecule has 2 aromatic carbocycles. The average Bonchev–Trinajstić information content (AvgIpc) is 2.60. The second kappa shape index (κ2) is 8.17. The Morgan fingerprint density at radius 3 is 2.37 bits per heavy atom. The van der Waals surface area contributed by atoms with Crippen LogP contribution in [0.1, 0.15) is 31.9 Å². The van der Waals surface area contributed by atoms with Gasteiger partial charge in [0.2, 0.25) is 0 Å². The van der Waals surface area contributed by atoms with Gasteiger partial charge in [-0.25, -0.2) is 0 Å². The molecule has 0 bridgehead atoms. The Hall–Kier alpha value is -2.94. The van der Waals surface area contributed by atoms with E-state index in [-0.39, 0.29) is 16.7 Å². The lowest BCUT2D eigenvalue weighted by molar-refractivity contribution is -0.385. The van der Waals surface area contributed by atoms with Crippen molar-refractivity contribution in [3.63, 3.8) is 0 Å². The number of sulfonamides is 1. The normalized spacial score (nSPS) is 12.1. The first kappa shape index (κ1) is 20.4. The molecule has 0 atom stereocenters. The molecule has 0 saturated carbocycles. The Labute approximate surface area is 158 Å². The lowest BCUT2D eigenvalue weighted by atomic mass is 10.1. The zero-order valence-electron chi connectivity index (χ0n) is 15.5. The van der Waals surface area contributed by atoms with Crippen LogP contribution in [0.2, 0.25) is 0 Å². The van der Waals surface area contributed by atoms with E-state index in [2.05, 4.69) is 9.93 Å². The summed E-state index contributed by atoms with van der Waals surface area (Å²) in [5.41, 5.74) is 1.27. The Balaban J connectivity index is 2.20. The van der Waals surface area contributed by atoms with E-state index in [0.717, 1.165) is 6.07 Å². The summed E-state index contributed by atoms with van der Waals surface area (Å²) in [7, 11) is -4.03. The number of aryl methyl sites for hydroxylation is 1. The molecule has 2 rings (SSSR count). The zero-order valence-corrected chi connectivity index (χ0v) is 16.3. The van der Waals surface area contributed by atoms with Gasteiger partial charge in [-0.3, -0.25) is 10.1 Å². The molecule has 0 heterocycles. The standard InChI is InChI=1S/C18H21N3O5S/c1-12(2)26-16-8-6-15(7-9-16)14(4)19-20-27(24,25)17-10-5-13(3)18(11-17)21(22)23/h5-12,20H,1-4H3/b19-14+. The van der Waals surface area contributed by atoms with Gasteiger partial charge in [0.25, 0.3) is 15.7 Å². The van der Waals surface area contributed by atoms with Crippen LogP contribution in [0.4, 0.5) is 5.69 Å². The van der Waals surface area contributed by atoms with Crippen molar-refractivity contribution < 1.29 is 18.1 Å². The third-order valence-corrected chi connectivity index (χ3v) is 4.87. The topological polar surface area (TPSA) is 111 Å². The van der Waals surface area contributed by atoms with Crippen LogP contribution < -0.4 is 9.57 Å². The maximum absolute atomic E-state index is 12.4. The summed E-state index contributed by atoms with van der Waals surface area (Å²) < 4.78 is 30.3. The summed E-state index contributed by atoms with van der Waals surface area (Å²) in [6.45, 7) is 7.03. The van der Waals surface area contributed by atoms with E-state index < -0.39 is 14.9 Å². The molecule has 2 aromatic rings. The Morgan fingerprint density at radius 1 is 1.19 bits per heavy atom. The van der Waals surface area contributed by atoms with Crippen molar-refractivity contribution in [3.05, 3.63) is 63.7 Å². The molecular weight excluding hydrogens is 370 g/mol. The van der Waals surface area contributed by atoms with E-state index in [9.17, 15) is 18.5 Å². The lowest BCUT2D eigenvalue weighted by Gasteiger charge is -2.10. The third-order valence-electron chi connectivity index (χ3n) is 3.67. The van der Waals surface area contributed by atoms with E-state index in [1.807, 2.05) is 13.8 Å². The molecule has 0 fully saturated rings. The van der Waals surface area contributed by atoms with E-state index >= 15 is 0 Å². The van der Waals surface area contributed by atoms with Crippen molar-refractivity contribution in [2.45, 2.75) is 38.7 Å². The monoisotopic (exact) mass is 391 g/mol. The molecule has 0 aliphatic carbocycles. The number of nitrogens with zero attached hydrogens (tertiary/aromatic N) is 2. The first-order valence-electron chi connectivity index (χ1n) is 8.18. The Bertz CT molecular complexity index is 967. The van der Waals surface area contributed by atoms with E-state index in [1.54, 1.807) is 31.2 Å². The Morgan fingerprint density at radius 2 is 1.81 bits per heavy atom. The van der Waals surface area contributed by atoms with Crippen LogP contribution in [-0.2, 0) is 10.0 Å². The molecule has 1 N–H and O–H groups in total. The van der Waals surface area contributed by atoms with Crippen LogP contribution in [0.25, 0.3) is 0 Å². The van der Waals surface area contributed by atoms with Crippen LogP contribution in [-0.4, -0.2) is 25.2 Å².